The van der Waals surface area contributed by atoms with Gasteiger partial charge in [0.05, 0.1) is 0 Å². The van der Waals surface area contributed by atoms with Crippen LogP contribution in [0.3, 0.4) is 0 Å². The van der Waals surface area contributed by atoms with Gasteiger partial charge in [-0.2, -0.15) is 0 Å². The molecule has 126 valence electrons. The van der Waals surface area contributed by atoms with Gasteiger partial charge in [0.15, 0.2) is 0 Å². The fourth-order valence-electron chi connectivity index (χ4n) is 2.47. The van der Waals surface area contributed by atoms with Crippen LogP contribution in [0.1, 0.15) is 17.5 Å². The summed E-state index contributed by atoms with van der Waals surface area (Å²) in [6.07, 6.45) is 0.901. The third kappa shape index (κ3) is 5.21. The number of rotatable bonds is 7. The van der Waals surface area contributed by atoms with E-state index in [1.807, 2.05) is 84.9 Å². The van der Waals surface area contributed by atoms with E-state index in [0.29, 0.717) is 19.4 Å². The molecular formula is C22H20O3. The highest BCUT2D eigenvalue weighted by atomic mass is 16.5. The molecule has 3 aromatic carbocycles. The lowest BCUT2D eigenvalue weighted by Crippen LogP contribution is -2.06. The van der Waals surface area contributed by atoms with Crippen molar-refractivity contribution in [2.24, 2.45) is 0 Å². The number of aryl methyl sites for hydroxylation is 1. The molecule has 0 atom stereocenters. The fraction of sp³-hybridized carbons (Fsp3) is 0.136. The monoisotopic (exact) mass is 332 g/mol. The van der Waals surface area contributed by atoms with Crippen molar-refractivity contribution in [3.63, 3.8) is 0 Å². The van der Waals surface area contributed by atoms with Gasteiger partial charge in [-0.1, -0.05) is 66.7 Å². The summed E-state index contributed by atoms with van der Waals surface area (Å²) in [6.45, 7) is 0.307. The van der Waals surface area contributed by atoms with E-state index in [-0.39, 0.29) is 5.97 Å². The molecule has 3 heteroatoms. The lowest BCUT2D eigenvalue weighted by atomic mass is 10.1. The van der Waals surface area contributed by atoms with Crippen LogP contribution in [0.2, 0.25) is 0 Å². The van der Waals surface area contributed by atoms with Crippen LogP contribution in [0.5, 0.6) is 11.5 Å². The summed E-state index contributed by atoms with van der Waals surface area (Å²) in [5.41, 5.74) is 1.98. The molecule has 0 fully saturated rings. The SMILES string of the molecule is O=C(CCc1ccccc1Oc1ccccc1)OCc1ccccc1. The smallest absolute Gasteiger partial charge is 0.306 e. The van der Waals surface area contributed by atoms with Crippen LogP contribution >= 0.6 is 0 Å². The zero-order valence-electron chi connectivity index (χ0n) is 13.9. The van der Waals surface area contributed by atoms with Gasteiger partial charge in [-0.3, -0.25) is 4.79 Å². The van der Waals surface area contributed by atoms with Crippen LogP contribution in [-0.4, -0.2) is 5.97 Å². The first-order chi connectivity index (χ1) is 12.3. The quantitative estimate of drug-likeness (QED) is 0.561. The van der Waals surface area contributed by atoms with Gasteiger partial charge < -0.3 is 9.47 Å². The summed E-state index contributed by atoms with van der Waals surface area (Å²) in [7, 11) is 0. The maximum Gasteiger partial charge on any atom is 0.306 e. The van der Waals surface area contributed by atoms with E-state index < -0.39 is 0 Å². The molecule has 0 aliphatic carbocycles. The molecule has 3 rings (SSSR count). The first kappa shape index (κ1) is 16.8. The molecule has 0 spiro atoms. The number of ether oxygens (including phenoxy) is 2. The van der Waals surface area contributed by atoms with Gasteiger partial charge in [0.25, 0.3) is 0 Å². The second kappa shape index (κ2) is 8.69. The van der Waals surface area contributed by atoms with Gasteiger partial charge in [-0.25, -0.2) is 0 Å². The molecule has 0 bridgehead atoms. The molecule has 0 aliphatic rings. The van der Waals surface area contributed by atoms with E-state index in [1.54, 1.807) is 0 Å². The highest BCUT2D eigenvalue weighted by molar-refractivity contribution is 5.70. The average molecular weight is 332 g/mol. The van der Waals surface area contributed by atoms with Crippen molar-refractivity contribution in [3.8, 4) is 11.5 Å². The van der Waals surface area contributed by atoms with Crippen molar-refractivity contribution in [2.45, 2.75) is 19.4 Å². The lowest BCUT2D eigenvalue weighted by molar-refractivity contribution is -0.144. The fourth-order valence-corrected chi connectivity index (χ4v) is 2.47. The Kier molecular flexibility index (Phi) is 5.83. The van der Waals surface area contributed by atoms with E-state index in [0.717, 1.165) is 22.6 Å². The van der Waals surface area contributed by atoms with E-state index in [1.165, 1.54) is 0 Å². The van der Waals surface area contributed by atoms with Crippen molar-refractivity contribution in [1.29, 1.82) is 0 Å². The largest absolute Gasteiger partial charge is 0.461 e. The Morgan fingerprint density at radius 1 is 0.760 bits per heavy atom. The van der Waals surface area contributed by atoms with Crippen molar-refractivity contribution >= 4 is 5.97 Å². The topological polar surface area (TPSA) is 35.5 Å². The molecule has 0 unspecified atom stereocenters. The highest BCUT2D eigenvalue weighted by Gasteiger charge is 2.09. The molecule has 0 aromatic heterocycles. The number of hydrogen-bond donors (Lipinski definition) is 0. The van der Waals surface area contributed by atoms with Crippen LogP contribution in [0.25, 0.3) is 0 Å². The molecule has 0 saturated carbocycles. The minimum Gasteiger partial charge on any atom is -0.461 e. The molecule has 0 N–H and O–H groups in total. The number of carbonyl (C=O) groups is 1. The minimum absolute atomic E-state index is 0.210. The summed E-state index contributed by atoms with van der Waals surface area (Å²) in [4.78, 5) is 12.0. The number of benzene rings is 3. The number of hydrogen-bond acceptors (Lipinski definition) is 3. The standard InChI is InChI=1S/C22H20O3/c23-22(24-17-18-9-3-1-4-10-18)16-15-19-11-7-8-14-21(19)25-20-12-5-2-6-13-20/h1-14H,15-17H2. The number of para-hydroxylation sites is 2. The van der Waals surface area contributed by atoms with Crippen LogP contribution in [0.4, 0.5) is 0 Å². The summed E-state index contributed by atoms with van der Waals surface area (Å²) in [5, 5.41) is 0. The van der Waals surface area contributed by atoms with Gasteiger partial charge in [0.2, 0.25) is 0 Å². The summed E-state index contributed by atoms with van der Waals surface area (Å²) in [6, 6.07) is 27.1. The maximum absolute atomic E-state index is 12.0. The van der Waals surface area contributed by atoms with Crippen molar-refractivity contribution < 1.29 is 14.3 Å². The van der Waals surface area contributed by atoms with Crippen molar-refractivity contribution in [2.75, 3.05) is 0 Å². The van der Waals surface area contributed by atoms with E-state index in [2.05, 4.69) is 0 Å². The number of carbonyl (C=O) groups excluding carboxylic acids is 1. The zero-order valence-corrected chi connectivity index (χ0v) is 13.9. The Balaban J connectivity index is 1.55. The Bertz CT molecular complexity index is 798. The summed E-state index contributed by atoms with van der Waals surface area (Å²) in [5.74, 6) is 1.34. The first-order valence-electron chi connectivity index (χ1n) is 8.31. The molecule has 3 aromatic rings. The molecular weight excluding hydrogens is 312 g/mol. The van der Waals surface area contributed by atoms with Crippen LogP contribution in [0, 0.1) is 0 Å². The van der Waals surface area contributed by atoms with E-state index in [9.17, 15) is 4.79 Å². The van der Waals surface area contributed by atoms with Crippen LogP contribution in [0.15, 0.2) is 84.9 Å². The van der Waals surface area contributed by atoms with Gasteiger partial charge in [-0.15, -0.1) is 0 Å². The Morgan fingerprint density at radius 2 is 1.40 bits per heavy atom. The molecule has 0 radical (unpaired) electrons. The van der Waals surface area contributed by atoms with E-state index >= 15 is 0 Å². The Morgan fingerprint density at radius 3 is 2.16 bits per heavy atom. The minimum atomic E-state index is -0.210. The third-order valence-corrected chi connectivity index (χ3v) is 3.78. The second-order valence-electron chi connectivity index (χ2n) is 5.67. The van der Waals surface area contributed by atoms with Gasteiger partial charge in [0.1, 0.15) is 18.1 Å². The second-order valence-corrected chi connectivity index (χ2v) is 5.67. The van der Waals surface area contributed by atoms with Crippen molar-refractivity contribution in [3.05, 3.63) is 96.1 Å². The lowest BCUT2D eigenvalue weighted by Gasteiger charge is -2.11. The third-order valence-electron chi connectivity index (χ3n) is 3.78. The molecule has 0 amide bonds. The molecule has 0 saturated heterocycles. The van der Waals surface area contributed by atoms with Crippen LogP contribution in [-0.2, 0) is 22.6 Å². The predicted molar refractivity (Wildman–Crippen MR) is 97.5 cm³/mol. The van der Waals surface area contributed by atoms with Gasteiger partial charge in [0, 0.05) is 6.42 Å². The average Bonchev–Trinajstić information content (AvgIpc) is 2.67. The summed E-state index contributed by atoms with van der Waals surface area (Å²) < 4.78 is 11.2. The number of esters is 1. The first-order valence-corrected chi connectivity index (χ1v) is 8.31. The molecule has 3 nitrogen and oxygen atoms in total. The maximum atomic E-state index is 12.0. The highest BCUT2D eigenvalue weighted by Crippen LogP contribution is 2.26. The van der Waals surface area contributed by atoms with Gasteiger partial charge in [-0.05, 0) is 35.7 Å². The van der Waals surface area contributed by atoms with Gasteiger partial charge >= 0.3 is 5.97 Å². The molecule has 25 heavy (non-hydrogen) atoms. The molecule has 0 heterocycles. The van der Waals surface area contributed by atoms with Crippen LogP contribution < -0.4 is 4.74 Å². The normalized spacial score (nSPS) is 10.2. The zero-order chi connectivity index (χ0) is 17.3. The Hall–Kier alpha value is -3.07. The van der Waals surface area contributed by atoms with E-state index in [4.69, 9.17) is 9.47 Å². The Labute approximate surface area is 147 Å². The predicted octanol–water partition coefficient (Wildman–Crippen LogP) is 5.15. The summed E-state index contributed by atoms with van der Waals surface area (Å²) >= 11 is 0. The van der Waals surface area contributed by atoms with Crippen molar-refractivity contribution in [1.82, 2.24) is 0 Å². The molecule has 0 aliphatic heterocycles.